The van der Waals surface area contributed by atoms with Crippen molar-refractivity contribution >= 4 is 11.7 Å². The number of aromatic nitrogens is 1. The molecule has 2 rings (SSSR count). The third-order valence-corrected chi connectivity index (χ3v) is 2.71. The second-order valence-corrected chi connectivity index (χ2v) is 4.16. The van der Waals surface area contributed by atoms with Crippen LogP contribution in [0.5, 0.6) is 0 Å². The van der Waals surface area contributed by atoms with E-state index in [9.17, 15) is 9.18 Å². The van der Waals surface area contributed by atoms with E-state index in [1.807, 2.05) is 0 Å². The van der Waals surface area contributed by atoms with Crippen molar-refractivity contribution in [1.29, 1.82) is 0 Å². The van der Waals surface area contributed by atoms with E-state index in [0.717, 1.165) is 5.56 Å². The van der Waals surface area contributed by atoms with E-state index in [1.54, 1.807) is 36.2 Å². The predicted octanol–water partition coefficient (Wildman–Crippen LogP) is 2.56. The lowest BCUT2D eigenvalue weighted by molar-refractivity contribution is 0.0691. The van der Waals surface area contributed by atoms with E-state index in [1.165, 1.54) is 18.3 Å². The van der Waals surface area contributed by atoms with Gasteiger partial charge < -0.3 is 10.0 Å². The first-order chi connectivity index (χ1) is 9.08. The minimum absolute atomic E-state index is 0.0126. The summed E-state index contributed by atoms with van der Waals surface area (Å²) in [4.78, 5) is 16.7. The Morgan fingerprint density at radius 2 is 2.16 bits per heavy atom. The number of carbonyl (C=O) groups is 1. The largest absolute Gasteiger partial charge is 0.476 e. The zero-order valence-corrected chi connectivity index (χ0v) is 10.4. The molecule has 1 aromatic heterocycles. The molecule has 1 heterocycles. The zero-order valence-electron chi connectivity index (χ0n) is 10.4. The molecular weight excluding hydrogens is 247 g/mol. The molecule has 98 valence electrons. The highest BCUT2D eigenvalue weighted by molar-refractivity contribution is 5.92. The Balaban J connectivity index is 2.25. The van der Waals surface area contributed by atoms with Crippen LogP contribution in [0.1, 0.15) is 16.1 Å². The summed E-state index contributed by atoms with van der Waals surface area (Å²) in [6.45, 7) is 0.406. The molecule has 0 aliphatic rings. The second-order valence-electron chi connectivity index (χ2n) is 4.16. The van der Waals surface area contributed by atoms with Crippen LogP contribution >= 0.6 is 0 Å². The standard InChI is InChI=1S/C14H13FN2O2/c1-17(9-10-4-2-5-11(15)8-10)12-6-3-7-16-13(12)14(18)19/h2-8H,9H2,1H3,(H,18,19). The highest BCUT2D eigenvalue weighted by atomic mass is 19.1. The maximum atomic E-state index is 13.1. The number of pyridine rings is 1. The number of hydrogen-bond donors (Lipinski definition) is 1. The van der Waals surface area contributed by atoms with Crippen LogP contribution in [0.2, 0.25) is 0 Å². The first-order valence-electron chi connectivity index (χ1n) is 5.72. The summed E-state index contributed by atoms with van der Waals surface area (Å²) in [5.41, 5.74) is 1.25. The molecule has 0 atom stereocenters. The van der Waals surface area contributed by atoms with Crippen molar-refractivity contribution in [2.45, 2.75) is 6.54 Å². The Labute approximate surface area is 110 Å². The summed E-state index contributed by atoms with van der Waals surface area (Å²) < 4.78 is 13.1. The van der Waals surface area contributed by atoms with Crippen LogP contribution in [0.25, 0.3) is 0 Å². The third-order valence-electron chi connectivity index (χ3n) is 2.71. The van der Waals surface area contributed by atoms with Gasteiger partial charge in [-0.3, -0.25) is 0 Å². The molecule has 2 aromatic rings. The van der Waals surface area contributed by atoms with Crippen LogP contribution in [-0.4, -0.2) is 23.1 Å². The summed E-state index contributed by atoms with van der Waals surface area (Å²) in [6.07, 6.45) is 1.43. The molecule has 0 aliphatic carbocycles. The molecule has 0 saturated carbocycles. The van der Waals surface area contributed by atoms with Crippen LogP contribution in [0.3, 0.4) is 0 Å². The molecule has 0 spiro atoms. The number of benzene rings is 1. The molecule has 1 aromatic carbocycles. The van der Waals surface area contributed by atoms with Gasteiger partial charge in [-0.1, -0.05) is 12.1 Å². The number of aromatic carboxylic acids is 1. The number of hydrogen-bond acceptors (Lipinski definition) is 3. The van der Waals surface area contributed by atoms with Crippen molar-refractivity contribution in [2.75, 3.05) is 11.9 Å². The van der Waals surface area contributed by atoms with Crippen molar-refractivity contribution in [3.8, 4) is 0 Å². The van der Waals surface area contributed by atoms with Gasteiger partial charge in [0.25, 0.3) is 0 Å². The second kappa shape index (κ2) is 5.48. The van der Waals surface area contributed by atoms with Crippen molar-refractivity contribution in [3.05, 3.63) is 59.7 Å². The van der Waals surface area contributed by atoms with Crippen molar-refractivity contribution in [3.63, 3.8) is 0 Å². The van der Waals surface area contributed by atoms with Gasteiger partial charge in [-0.05, 0) is 29.8 Å². The van der Waals surface area contributed by atoms with Crippen molar-refractivity contribution < 1.29 is 14.3 Å². The lowest BCUT2D eigenvalue weighted by Gasteiger charge is -2.20. The normalized spacial score (nSPS) is 10.2. The van der Waals surface area contributed by atoms with Gasteiger partial charge in [0.1, 0.15) is 5.82 Å². The summed E-state index contributed by atoms with van der Waals surface area (Å²) in [7, 11) is 1.74. The maximum absolute atomic E-state index is 13.1. The number of nitrogens with zero attached hydrogens (tertiary/aromatic N) is 2. The molecule has 5 heteroatoms. The van der Waals surface area contributed by atoms with E-state index in [-0.39, 0.29) is 11.5 Å². The molecule has 4 nitrogen and oxygen atoms in total. The Morgan fingerprint density at radius 1 is 1.37 bits per heavy atom. The van der Waals surface area contributed by atoms with Gasteiger partial charge in [0, 0.05) is 19.8 Å². The summed E-state index contributed by atoms with van der Waals surface area (Å²) >= 11 is 0. The molecule has 0 unspecified atom stereocenters. The molecule has 0 saturated heterocycles. The molecule has 0 fully saturated rings. The third kappa shape index (κ3) is 3.07. The Morgan fingerprint density at radius 3 is 2.84 bits per heavy atom. The smallest absolute Gasteiger partial charge is 0.356 e. The van der Waals surface area contributed by atoms with Gasteiger partial charge in [0.2, 0.25) is 0 Å². The van der Waals surface area contributed by atoms with E-state index < -0.39 is 5.97 Å². The van der Waals surface area contributed by atoms with Gasteiger partial charge in [0.15, 0.2) is 5.69 Å². The molecule has 0 aliphatic heterocycles. The van der Waals surface area contributed by atoms with Crippen LogP contribution in [0, 0.1) is 5.82 Å². The van der Waals surface area contributed by atoms with Gasteiger partial charge in [-0.15, -0.1) is 0 Å². The fraction of sp³-hybridized carbons (Fsp3) is 0.143. The molecule has 0 radical (unpaired) electrons. The highest BCUT2D eigenvalue weighted by Crippen LogP contribution is 2.19. The Hall–Kier alpha value is -2.43. The van der Waals surface area contributed by atoms with E-state index in [4.69, 9.17) is 5.11 Å². The molecule has 19 heavy (non-hydrogen) atoms. The van der Waals surface area contributed by atoms with E-state index in [2.05, 4.69) is 4.98 Å². The summed E-state index contributed by atoms with van der Waals surface area (Å²) in [5, 5.41) is 9.08. The number of halogens is 1. The van der Waals surface area contributed by atoms with Crippen LogP contribution in [0.4, 0.5) is 10.1 Å². The summed E-state index contributed by atoms with van der Waals surface area (Å²) in [5.74, 6) is -1.39. The predicted molar refractivity (Wildman–Crippen MR) is 69.7 cm³/mol. The first kappa shape index (κ1) is 13.0. The number of rotatable bonds is 4. The van der Waals surface area contributed by atoms with Crippen LogP contribution in [-0.2, 0) is 6.54 Å². The van der Waals surface area contributed by atoms with Gasteiger partial charge in [0.05, 0.1) is 5.69 Å². The Kier molecular flexibility index (Phi) is 3.75. The summed E-state index contributed by atoms with van der Waals surface area (Å²) in [6, 6.07) is 9.55. The maximum Gasteiger partial charge on any atom is 0.356 e. The average Bonchev–Trinajstić information content (AvgIpc) is 2.38. The Bertz CT molecular complexity index is 602. The van der Waals surface area contributed by atoms with Crippen molar-refractivity contribution in [2.24, 2.45) is 0 Å². The quantitative estimate of drug-likeness (QED) is 0.917. The first-order valence-corrected chi connectivity index (χ1v) is 5.72. The topological polar surface area (TPSA) is 53.4 Å². The lowest BCUT2D eigenvalue weighted by Crippen LogP contribution is -2.20. The average molecular weight is 260 g/mol. The molecule has 0 amide bonds. The van der Waals surface area contributed by atoms with Crippen molar-refractivity contribution in [1.82, 2.24) is 4.98 Å². The van der Waals surface area contributed by atoms with Gasteiger partial charge in [-0.2, -0.15) is 0 Å². The monoisotopic (exact) mass is 260 g/mol. The van der Waals surface area contributed by atoms with Gasteiger partial charge >= 0.3 is 5.97 Å². The molecule has 0 bridgehead atoms. The van der Waals surface area contributed by atoms with E-state index in [0.29, 0.717) is 12.2 Å². The highest BCUT2D eigenvalue weighted by Gasteiger charge is 2.14. The van der Waals surface area contributed by atoms with Crippen LogP contribution in [0.15, 0.2) is 42.6 Å². The minimum Gasteiger partial charge on any atom is -0.476 e. The molecular formula is C14H13FN2O2. The SMILES string of the molecule is CN(Cc1cccc(F)c1)c1cccnc1C(=O)O. The fourth-order valence-corrected chi connectivity index (χ4v) is 1.86. The fourth-order valence-electron chi connectivity index (χ4n) is 1.86. The number of anilines is 1. The number of carboxylic acids is 1. The van der Waals surface area contributed by atoms with Gasteiger partial charge in [-0.25, -0.2) is 14.2 Å². The molecule has 1 N–H and O–H groups in total. The minimum atomic E-state index is -1.08. The zero-order chi connectivity index (χ0) is 13.8. The number of carboxylic acid groups (broad SMARTS) is 1. The van der Waals surface area contributed by atoms with Crippen LogP contribution < -0.4 is 4.90 Å². The van der Waals surface area contributed by atoms with E-state index >= 15 is 0 Å². The lowest BCUT2D eigenvalue weighted by atomic mass is 10.2.